The number of nitrogens with two attached hydrogens (primary N) is 1. The molecule has 7 nitrogen and oxygen atoms in total. The van der Waals surface area contributed by atoms with Gasteiger partial charge in [-0.3, -0.25) is 19.7 Å². The fourth-order valence-corrected chi connectivity index (χ4v) is 2.63. The van der Waals surface area contributed by atoms with Crippen LogP contribution in [-0.2, 0) is 10.3 Å². The first kappa shape index (κ1) is 14.4. The Labute approximate surface area is 128 Å². The summed E-state index contributed by atoms with van der Waals surface area (Å²) in [6.45, 7) is 2.54. The SMILES string of the molecule is CN1C(=O)C[C@@](C)(c2ccnc(C3C=NC=NC3)c2)N=C1N. The molecule has 0 saturated heterocycles. The van der Waals surface area contributed by atoms with E-state index in [0.29, 0.717) is 6.54 Å². The van der Waals surface area contributed by atoms with Crippen molar-refractivity contribution in [2.75, 3.05) is 13.6 Å². The lowest BCUT2D eigenvalue weighted by Crippen LogP contribution is -2.47. The molecule has 0 spiro atoms. The van der Waals surface area contributed by atoms with Crippen molar-refractivity contribution in [2.45, 2.75) is 24.8 Å². The lowest BCUT2D eigenvalue weighted by molar-refractivity contribution is -0.128. The Bertz CT molecular complexity index is 695. The number of amides is 1. The van der Waals surface area contributed by atoms with Gasteiger partial charge in [-0.1, -0.05) is 0 Å². The van der Waals surface area contributed by atoms with Gasteiger partial charge in [0.2, 0.25) is 5.91 Å². The van der Waals surface area contributed by atoms with Crippen LogP contribution < -0.4 is 5.73 Å². The van der Waals surface area contributed by atoms with Gasteiger partial charge in [0.1, 0.15) is 6.34 Å². The summed E-state index contributed by atoms with van der Waals surface area (Å²) in [6.07, 6.45) is 5.39. The van der Waals surface area contributed by atoms with Gasteiger partial charge >= 0.3 is 0 Å². The summed E-state index contributed by atoms with van der Waals surface area (Å²) in [5.74, 6) is 0.245. The van der Waals surface area contributed by atoms with E-state index in [2.05, 4.69) is 20.0 Å². The number of hydrogen-bond acceptors (Lipinski definition) is 6. The van der Waals surface area contributed by atoms with Crippen LogP contribution in [0.3, 0.4) is 0 Å². The minimum atomic E-state index is -0.666. The standard InChI is InChI=1S/C15H18N6O/c1-15(6-13(22)21(2)14(16)20-15)11-3-4-19-12(5-11)10-7-17-9-18-8-10/h3-5,7,9-10H,6,8H2,1-2H3,(H2,16,20)/t10?,15-/m0/s1. The van der Waals surface area contributed by atoms with Gasteiger partial charge in [0.15, 0.2) is 5.96 Å². The monoisotopic (exact) mass is 298 g/mol. The lowest BCUT2D eigenvalue weighted by Gasteiger charge is -2.33. The fraction of sp³-hybridized carbons (Fsp3) is 0.400. The lowest BCUT2D eigenvalue weighted by atomic mass is 9.87. The molecule has 3 heterocycles. The van der Waals surface area contributed by atoms with Gasteiger partial charge < -0.3 is 5.73 Å². The highest BCUT2D eigenvalue weighted by Crippen LogP contribution is 2.33. The number of guanidine groups is 1. The average Bonchev–Trinajstić information content (AvgIpc) is 2.53. The van der Waals surface area contributed by atoms with Crippen LogP contribution >= 0.6 is 0 Å². The van der Waals surface area contributed by atoms with Crippen molar-refractivity contribution in [1.29, 1.82) is 0 Å². The fourth-order valence-electron chi connectivity index (χ4n) is 2.63. The molecule has 114 valence electrons. The van der Waals surface area contributed by atoms with Crippen LogP contribution in [-0.4, -0.2) is 47.9 Å². The third-order valence-corrected chi connectivity index (χ3v) is 4.07. The Hall–Kier alpha value is -2.57. The number of hydrogen-bond donors (Lipinski definition) is 1. The molecule has 3 rings (SSSR count). The first-order valence-electron chi connectivity index (χ1n) is 7.09. The van der Waals surface area contributed by atoms with Crippen LogP contribution in [0.5, 0.6) is 0 Å². The maximum Gasteiger partial charge on any atom is 0.231 e. The van der Waals surface area contributed by atoms with Gasteiger partial charge in [-0.2, -0.15) is 0 Å². The summed E-state index contributed by atoms with van der Waals surface area (Å²) < 4.78 is 0. The summed E-state index contributed by atoms with van der Waals surface area (Å²) >= 11 is 0. The first-order chi connectivity index (χ1) is 10.5. The molecule has 1 amide bonds. The van der Waals surface area contributed by atoms with E-state index >= 15 is 0 Å². The Morgan fingerprint density at radius 1 is 1.45 bits per heavy atom. The highest BCUT2D eigenvalue weighted by Gasteiger charge is 2.36. The molecule has 0 radical (unpaired) electrons. The molecule has 7 heteroatoms. The van der Waals surface area contributed by atoms with E-state index in [0.717, 1.165) is 11.3 Å². The van der Waals surface area contributed by atoms with Crippen LogP contribution in [0.4, 0.5) is 0 Å². The van der Waals surface area contributed by atoms with Crippen LogP contribution in [0.2, 0.25) is 0 Å². The second-order valence-electron chi connectivity index (χ2n) is 5.73. The Morgan fingerprint density at radius 3 is 2.95 bits per heavy atom. The van der Waals surface area contributed by atoms with E-state index in [4.69, 9.17) is 5.73 Å². The van der Waals surface area contributed by atoms with Gasteiger partial charge in [0.25, 0.3) is 0 Å². The van der Waals surface area contributed by atoms with Crippen molar-refractivity contribution in [3.05, 3.63) is 29.6 Å². The number of aliphatic imine (C=N–C) groups is 3. The third kappa shape index (κ3) is 2.49. The molecule has 2 aliphatic heterocycles. The van der Waals surface area contributed by atoms with Gasteiger partial charge in [-0.15, -0.1) is 0 Å². The first-order valence-corrected chi connectivity index (χ1v) is 7.09. The van der Waals surface area contributed by atoms with Gasteiger partial charge in [-0.25, -0.2) is 9.98 Å². The molecule has 22 heavy (non-hydrogen) atoms. The summed E-state index contributed by atoms with van der Waals surface area (Å²) in [5, 5.41) is 0. The summed E-state index contributed by atoms with van der Waals surface area (Å²) in [5.41, 5.74) is 6.99. The van der Waals surface area contributed by atoms with E-state index in [9.17, 15) is 4.79 Å². The van der Waals surface area contributed by atoms with E-state index in [1.54, 1.807) is 19.6 Å². The molecule has 0 aliphatic carbocycles. The Kier molecular flexibility index (Phi) is 3.48. The van der Waals surface area contributed by atoms with E-state index < -0.39 is 5.54 Å². The minimum absolute atomic E-state index is 0.0443. The topological polar surface area (TPSA) is 96.3 Å². The van der Waals surface area contributed by atoms with Crippen LogP contribution in [0.25, 0.3) is 0 Å². The Balaban J connectivity index is 1.96. The number of carbonyl (C=O) groups is 1. The molecular weight excluding hydrogens is 280 g/mol. The van der Waals surface area contributed by atoms with Crippen molar-refractivity contribution in [3.8, 4) is 0 Å². The molecule has 0 saturated carbocycles. The number of rotatable bonds is 2. The molecule has 0 bridgehead atoms. The Morgan fingerprint density at radius 2 is 2.27 bits per heavy atom. The molecular formula is C15H18N6O. The summed E-state index contributed by atoms with van der Waals surface area (Å²) in [7, 11) is 1.63. The van der Waals surface area contributed by atoms with Gasteiger partial charge in [0, 0.05) is 19.5 Å². The normalized spacial score (nSPS) is 27.9. The molecule has 1 aromatic rings. The third-order valence-electron chi connectivity index (χ3n) is 4.07. The molecule has 0 aromatic carbocycles. The van der Waals surface area contributed by atoms with E-state index in [-0.39, 0.29) is 24.2 Å². The number of nitrogens with zero attached hydrogens (tertiary/aromatic N) is 5. The van der Waals surface area contributed by atoms with Crippen LogP contribution in [0.15, 0.2) is 33.3 Å². The predicted octanol–water partition coefficient (Wildman–Crippen LogP) is 0.670. The highest BCUT2D eigenvalue weighted by atomic mass is 16.2. The molecule has 2 N–H and O–H groups in total. The zero-order valence-corrected chi connectivity index (χ0v) is 12.6. The second kappa shape index (κ2) is 5.32. The van der Waals surface area contributed by atoms with E-state index in [1.165, 1.54) is 4.90 Å². The van der Waals surface area contributed by atoms with Crippen molar-refractivity contribution < 1.29 is 4.79 Å². The number of carbonyl (C=O) groups excluding carboxylic acids is 1. The molecule has 2 aliphatic rings. The maximum absolute atomic E-state index is 12.1. The predicted molar refractivity (Wildman–Crippen MR) is 85.2 cm³/mol. The van der Waals surface area contributed by atoms with Crippen molar-refractivity contribution in [2.24, 2.45) is 20.7 Å². The summed E-state index contributed by atoms with van der Waals surface area (Å²) in [4.78, 5) is 30.6. The minimum Gasteiger partial charge on any atom is -0.369 e. The molecule has 2 atom stereocenters. The zero-order chi connectivity index (χ0) is 15.7. The summed E-state index contributed by atoms with van der Waals surface area (Å²) in [6, 6.07) is 3.84. The van der Waals surface area contributed by atoms with Crippen molar-refractivity contribution >= 4 is 24.4 Å². The zero-order valence-electron chi connectivity index (χ0n) is 12.6. The number of pyridine rings is 1. The van der Waals surface area contributed by atoms with E-state index in [1.807, 2.05) is 25.3 Å². The molecule has 1 unspecified atom stereocenters. The second-order valence-corrected chi connectivity index (χ2v) is 5.73. The number of aromatic nitrogens is 1. The van der Waals surface area contributed by atoms with Gasteiger partial charge in [-0.05, 0) is 24.6 Å². The van der Waals surface area contributed by atoms with Crippen LogP contribution in [0.1, 0.15) is 30.5 Å². The van der Waals surface area contributed by atoms with Crippen molar-refractivity contribution in [3.63, 3.8) is 0 Å². The van der Waals surface area contributed by atoms with Crippen LogP contribution in [0, 0.1) is 0 Å². The highest BCUT2D eigenvalue weighted by molar-refractivity contribution is 5.98. The largest absolute Gasteiger partial charge is 0.369 e. The van der Waals surface area contributed by atoms with Crippen molar-refractivity contribution in [1.82, 2.24) is 9.88 Å². The average molecular weight is 298 g/mol. The smallest absolute Gasteiger partial charge is 0.231 e. The molecule has 1 aromatic heterocycles. The quantitative estimate of drug-likeness (QED) is 0.869. The molecule has 0 fully saturated rings. The van der Waals surface area contributed by atoms with Gasteiger partial charge in [0.05, 0.1) is 30.1 Å². The maximum atomic E-state index is 12.1.